The summed E-state index contributed by atoms with van der Waals surface area (Å²) in [5.74, 6) is 0. The molecule has 0 amide bonds. The van der Waals surface area contributed by atoms with Crippen LogP contribution in [0.4, 0.5) is 5.69 Å². The van der Waals surface area contributed by atoms with E-state index in [9.17, 15) is 0 Å². The minimum Gasteiger partial charge on any atom is -0.396 e. The highest BCUT2D eigenvalue weighted by Gasteiger charge is 2.33. The number of nitrogens with zero attached hydrogens (tertiary/aromatic N) is 1. The lowest BCUT2D eigenvalue weighted by atomic mass is 9.80. The van der Waals surface area contributed by atoms with Crippen molar-refractivity contribution in [3.05, 3.63) is 29.8 Å². The molecule has 1 aliphatic heterocycles. The van der Waals surface area contributed by atoms with Gasteiger partial charge in [0.05, 0.1) is 5.69 Å². The molecule has 0 saturated carbocycles. The summed E-state index contributed by atoms with van der Waals surface area (Å²) < 4.78 is 0. The van der Waals surface area contributed by atoms with Crippen molar-refractivity contribution < 1.29 is 5.11 Å². The molecule has 2 rings (SSSR count). The molecular formula is C12H15NO. The third-order valence-corrected chi connectivity index (χ3v) is 2.90. The fourth-order valence-electron chi connectivity index (χ4n) is 2.01. The van der Waals surface area contributed by atoms with Crippen molar-refractivity contribution in [2.45, 2.75) is 25.7 Å². The molecule has 0 saturated heterocycles. The number of aliphatic imine (C=N–C) groups is 1. The van der Waals surface area contributed by atoms with Gasteiger partial charge in [0.25, 0.3) is 0 Å². The molecule has 0 unspecified atom stereocenters. The third kappa shape index (κ3) is 1.26. The zero-order valence-corrected chi connectivity index (χ0v) is 8.62. The van der Waals surface area contributed by atoms with Gasteiger partial charge in [-0.3, -0.25) is 4.99 Å². The van der Waals surface area contributed by atoms with Gasteiger partial charge in [-0.15, -0.1) is 0 Å². The zero-order chi connectivity index (χ0) is 10.2. The molecule has 0 aromatic heterocycles. The summed E-state index contributed by atoms with van der Waals surface area (Å²) in [6, 6.07) is 8.18. The molecule has 74 valence electrons. The Morgan fingerprint density at radius 1 is 1.29 bits per heavy atom. The lowest BCUT2D eigenvalue weighted by molar-refractivity contribution is 0.305. The van der Waals surface area contributed by atoms with Crippen molar-refractivity contribution in [1.29, 1.82) is 0 Å². The predicted molar refractivity (Wildman–Crippen MR) is 58.3 cm³/mol. The molecule has 0 aliphatic carbocycles. The van der Waals surface area contributed by atoms with Gasteiger partial charge in [0, 0.05) is 24.2 Å². The second-order valence-corrected chi connectivity index (χ2v) is 4.17. The van der Waals surface area contributed by atoms with Crippen LogP contribution in [-0.2, 0) is 5.41 Å². The third-order valence-electron chi connectivity index (χ3n) is 2.90. The van der Waals surface area contributed by atoms with Crippen molar-refractivity contribution in [2.75, 3.05) is 6.61 Å². The first-order chi connectivity index (χ1) is 6.66. The van der Waals surface area contributed by atoms with E-state index in [2.05, 4.69) is 24.9 Å². The van der Waals surface area contributed by atoms with Crippen LogP contribution in [0.25, 0.3) is 0 Å². The fraction of sp³-hybridized carbons (Fsp3) is 0.417. The van der Waals surface area contributed by atoms with Crippen molar-refractivity contribution in [3.8, 4) is 0 Å². The Hall–Kier alpha value is -1.15. The summed E-state index contributed by atoms with van der Waals surface area (Å²) in [5.41, 5.74) is 3.39. The molecule has 1 aromatic carbocycles. The highest BCUT2D eigenvalue weighted by atomic mass is 16.3. The van der Waals surface area contributed by atoms with Gasteiger partial charge in [-0.2, -0.15) is 0 Å². The molecule has 1 aliphatic rings. The van der Waals surface area contributed by atoms with Crippen LogP contribution in [0.1, 0.15) is 25.8 Å². The largest absolute Gasteiger partial charge is 0.396 e. The van der Waals surface area contributed by atoms with Crippen LogP contribution in [0.3, 0.4) is 0 Å². The molecule has 0 radical (unpaired) electrons. The first-order valence-electron chi connectivity index (χ1n) is 4.94. The summed E-state index contributed by atoms with van der Waals surface area (Å²) in [6.45, 7) is 4.50. The minimum absolute atomic E-state index is 0.0146. The maximum absolute atomic E-state index is 8.96. The summed E-state index contributed by atoms with van der Waals surface area (Å²) in [6.07, 6.45) is 0.668. The fourth-order valence-corrected chi connectivity index (χ4v) is 2.01. The monoisotopic (exact) mass is 189 g/mol. The summed E-state index contributed by atoms with van der Waals surface area (Å²) in [5, 5.41) is 8.96. The Morgan fingerprint density at radius 3 is 2.64 bits per heavy atom. The van der Waals surface area contributed by atoms with E-state index in [1.807, 2.05) is 18.2 Å². The minimum atomic E-state index is -0.0146. The molecular weight excluding hydrogens is 174 g/mol. The molecule has 0 atom stereocenters. The second-order valence-electron chi connectivity index (χ2n) is 4.17. The van der Waals surface area contributed by atoms with E-state index in [-0.39, 0.29) is 12.0 Å². The SMILES string of the molecule is CC1(C)C(CCO)=Nc2ccccc21. The standard InChI is InChI=1S/C12H15NO/c1-12(2)9-5-3-4-6-10(9)13-11(12)7-8-14/h3-6,14H,7-8H2,1-2H3. The van der Waals surface area contributed by atoms with Gasteiger partial charge in [-0.25, -0.2) is 0 Å². The molecule has 1 N–H and O–H groups in total. The Morgan fingerprint density at radius 2 is 2.00 bits per heavy atom. The summed E-state index contributed by atoms with van der Waals surface area (Å²) in [4.78, 5) is 4.55. The topological polar surface area (TPSA) is 32.6 Å². The molecule has 1 heterocycles. The highest BCUT2D eigenvalue weighted by Crippen LogP contribution is 2.40. The summed E-state index contributed by atoms with van der Waals surface area (Å²) >= 11 is 0. The van der Waals surface area contributed by atoms with Crippen molar-refractivity contribution in [2.24, 2.45) is 4.99 Å². The second kappa shape index (κ2) is 3.21. The van der Waals surface area contributed by atoms with Crippen LogP contribution in [-0.4, -0.2) is 17.4 Å². The van der Waals surface area contributed by atoms with Crippen LogP contribution < -0.4 is 0 Å². The number of aliphatic hydroxyl groups excluding tert-OH is 1. The Bertz CT molecular complexity index is 380. The smallest absolute Gasteiger partial charge is 0.0670 e. The van der Waals surface area contributed by atoms with Crippen LogP contribution >= 0.6 is 0 Å². The maximum Gasteiger partial charge on any atom is 0.0670 e. The van der Waals surface area contributed by atoms with Gasteiger partial charge >= 0.3 is 0 Å². The quantitative estimate of drug-likeness (QED) is 0.761. The van der Waals surface area contributed by atoms with E-state index in [4.69, 9.17) is 5.11 Å². The van der Waals surface area contributed by atoms with E-state index in [1.165, 1.54) is 5.56 Å². The zero-order valence-electron chi connectivity index (χ0n) is 8.62. The van der Waals surface area contributed by atoms with Crippen LogP contribution in [0.2, 0.25) is 0 Å². The van der Waals surface area contributed by atoms with Crippen molar-refractivity contribution >= 4 is 11.4 Å². The maximum atomic E-state index is 8.96. The Labute approximate surface area is 84.3 Å². The van der Waals surface area contributed by atoms with E-state index in [1.54, 1.807) is 0 Å². The van der Waals surface area contributed by atoms with E-state index in [0.29, 0.717) is 6.42 Å². The van der Waals surface area contributed by atoms with Crippen LogP contribution in [0, 0.1) is 0 Å². The van der Waals surface area contributed by atoms with Crippen LogP contribution in [0.15, 0.2) is 29.3 Å². The van der Waals surface area contributed by atoms with Crippen LogP contribution in [0.5, 0.6) is 0 Å². The molecule has 14 heavy (non-hydrogen) atoms. The number of fused-ring (bicyclic) bond motifs is 1. The van der Waals surface area contributed by atoms with Crippen molar-refractivity contribution in [1.82, 2.24) is 0 Å². The van der Waals surface area contributed by atoms with E-state index >= 15 is 0 Å². The predicted octanol–water partition coefficient (Wildman–Crippen LogP) is 2.43. The van der Waals surface area contributed by atoms with Gasteiger partial charge in [-0.05, 0) is 11.6 Å². The van der Waals surface area contributed by atoms with Crippen molar-refractivity contribution in [3.63, 3.8) is 0 Å². The van der Waals surface area contributed by atoms with Gasteiger partial charge in [-0.1, -0.05) is 32.0 Å². The molecule has 2 heteroatoms. The Kier molecular flexibility index (Phi) is 2.16. The van der Waals surface area contributed by atoms with Gasteiger partial charge in [0.15, 0.2) is 0 Å². The number of benzene rings is 1. The van der Waals surface area contributed by atoms with Gasteiger partial charge < -0.3 is 5.11 Å². The molecule has 0 spiro atoms. The molecule has 2 nitrogen and oxygen atoms in total. The molecule has 0 bridgehead atoms. The molecule has 1 aromatic rings. The highest BCUT2D eigenvalue weighted by molar-refractivity contribution is 6.01. The first-order valence-corrected chi connectivity index (χ1v) is 4.94. The Balaban J connectivity index is 2.45. The number of aliphatic hydroxyl groups is 1. The number of rotatable bonds is 2. The average Bonchev–Trinajstić information content (AvgIpc) is 2.41. The normalized spacial score (nSPS) is 17.8. The van der Waals surface area contributed by atoms with Gasteiger partial charge in [0.2, 0.25) is 0 Å². The first kappa shape index (κ1) is 9.41. The average molecular weight is 189 g/mol. The van der Waals surface area contributed by atoms with Gasteiger partial charge in [0.1, 0.15) is 0 Å². The van der Waals surface area contributed by atoms with E-state index < -0.39 is 0 Å². The van der Waals surface area contributed by atoms with E-state index in [0.717, 1.165) is 11.4 Å². The number of hydrogen-bond acceptors (Lipinski definition) is 2. The lowest BCUT2D eigenvalue weighted by Gasteiger charge is -2.21. The summed E-state index contributed by atoms with van der Waals surface area (Å²) in [7, 11) is 0. The lowest BCUT2D eigenvalue weighted by Crippen LogP contribution is -2.26. The number of para-hydroxylation sites is 1. The number of hydrogen-bond donors (Lipinski definition) is 1. The molecule has 0 fully saturated rings.